The standard InChI is InChI=1S/C14H14N2/c1-10(2)7-8-14-12(9-15)11-5-3-4-6-13(11)16-14/h3-7,16H,8H2,1-2H3. The van der Waals surface area contributed by atoms with Gasteiger partial charge in [-0.05, 0) is 19.9 Å². The van der Waals surface area contributed by atoms with E-state index in [0.29, 0.717) is 0 Å². The zero-order valence-electron chi connectivity index (χ0n) is 9.54. The van der Waals surface area contributed by atoms with E-state index in [4.69, 9.17) is 0 Å². The van der Waals surface area contributed by atoms with Crippen molar-refractivity contribution in [2.24, 2.45) is 0 Å². The summed E-state index contributed by atoms with van der Waals surface area (Å²) in [6.45, 7) is 4.13. The van der Waals surface area contributed by atoms with E-state index in [2.05, 4.69) is 31.0 Å². The Morgan fingerprint density at radius 3 is 2.81 bits per heavy atom. The average molecular weight is 210 g/mol. The van der Waals surface area contributed by atoms with Crippen LogP contribution < -0.4 is 0 Å². The number of nitrogens with zero attached hydrogens (tertiary/aromatic N) is 1. The van der Waals surface area contributed by atoms with E-state index in [1.165, 1.54) is 5.57 Å². The summed E-state index contributed by atoms with van der Waals surface area (Å²) in [5.74, 6) is 0. The Labute approximate surface area is 95.2 Å². The third-order valence-corrected chi connectivity index (χ3v) is 2.61. The number of aromatic nitrogens is 1. The van der Waals surface area contributed by atoms with E-state index in [9.17, 15) is 5.26 Å². The zero-order chi connectivity index (χ0) is 11.5. The van der Waals surface area contributed by atoms with Crippen molar-refractivity contribution < 1.29 is 0 Å². The van der Waals surface area contributed by atoms with Gasteiger partial charge in [-0.1, -0.05) is 29.8 Å². The molecular formula is C14H14N2. The summed E-state index contributed by atoms with van der Waals surface area (Å²) >= 11 is 0. The van der Waals surface area contributed by atoms with Gasteiger partial charge in [-0.3, -0.25) is 0 Å². The van der Waals surface area contributed by atoms with Crippen LogP contribution in [0.3, 0.4) is 0 Å². The van der Waals surface area contributed by atoms with Crippen molar-refractivity contribution in [2.75, 3.05) is 0 Å². The van der Waals surface area contributed by atoms with Crippen LogP contribution in [-0.4, -0.2) is 4.98 Å². The Morgan fingerprint density at radius 1 is 1.38 bits per heavy atom. The Hall–Kier alpha value is -2.01. The van der Waals surface area contributed by atoms with Crippen LogP contribution in [0.25, 0.3) is 10.9 Å². The molecule has 1 heterocycles. The molecule has 2 nitrogen and oxygen atoms in total. The van der Waals surface area contributed by atoms with Crippen molar-refractivity contribution in [1.29, 1.82) is 5.26 Å². The van der Waals surface area contributed by atoms with Crippen molar-refractivity contribution in [3.63, 3.8) is 0 Å². The second-order valence-corrected chi connectivity index (χ2v) is 4.12. The fourth-order valence-electron chi connectivity index (χ4n) is 1.78. The lowest BCUT2D eigenvalue weighted by Crippen LogP contribution is -1.85. The third-order valence-electron chi connectivity index (χ3n) is 2.61. The lowest BCUT2D eigenvalue weighted by Gasteiger charge is -1.93. The highest BCUT2D eigenvalue weighted by atomic mass is 14.7. The van der Waals surface area contributed by atoms with Crippen molar-refractivity contribution in [2.45, 2.75) is 20.3 Å². The molecule has 0 saturated carbocycles. The lowest BCUT2D eigenvalue weighted by atomic mass is 10.1. The maximum absolute atomic E-state index is 9.18. The van der Waals surface area contributed by atoms with Crippen LogP contribution in [0, 0.1) is 11.3 Å². The van der Waals surface area contributed by atoms with Crippen LogP contribution in [0.4, 0.5) is 0 Å². The van der Waals surface area contributed by atoms with E-state index < -0.39 is 0 Å². The summed E-state index contributed by atoms with van der Waals surface area (Å²) in [5, 5.41) is 10.2. The van der Waals surface area contributed by atoms with E-state index in [1.807, 2.05) is 24.3 Å². The van der Waals surface area contributed by atoms with Gasteiger partial charge in [0.1, 0.15) is 6.07 Å². The molecule has 0 fully saturated rings. The van der Waals surface area contributed by atoms with Crippen molar-refractivity contribution in [1.82, 2.24) is 4.98 Å². The molecule has 0 saturated heterocycles. The van der Waals surface area contributed by atoms with Gasteiger partial charge in [0.05, 0.1) is 5.56 Å². The zero-order valence-corrected chi connectivity index (χ0v) is 9.54. The highest BCUT2D eigenvalue weighted by Crippen LogP contribution is 2.22. The molecule has 0 amide bonds. The van der Waals surface area contributed by atoms with Gasteiger partial charge in [-0.2, -0.15) is 5.26 Å². The minimum atomic E-state index is 0.771. The van der Waals surface area contributed by atoms with E-state index in [0.717, 1.165) is 28.6 Å². The van der Waals surface area contributed by atoms with Gasteiger partial charge in [0, 0.05) is 23.0 Å². The fraction of sp³-hybridized carbons (Fsp3) is 0.214. The molecule has 0 unspecified atom stereocenters. The van der Waals surface area contributed by atoms with E-state index in [-0.39, 0.29) is 0 Å². The number of H-pyrrole nitrogens is 1. The number of para-hydroxylation sites is 1. The number of allylic oxidation sites excluding steroid dienone is 2. The number of hydrogen-bond donors (Lipinski definition) is 1. The summed E-state index contributed by atoms with van der Waals surface area (Å²) < 4.78 is 0. The van der Waals surface area contributed by atoms with Gasteiger partial charge >= 0.3 is 0 Å². The number of nitriles is 1. The highest BCUT2D eigenvalue weighted by Gasteiger charge is 2.08. The van der Waals surface area contributed by atoms with Gasteiger partial charge < -0.3 is 4.98 Å². The van der Waals surface area contributed by atoms with Gasteiger partial charge in [0.2, 0.25) is 0 Å². The first kappa shape index (κ1) is 10.5. The Morgan fingerprint density at radius 2 is 2.12 bits per heavy atom. The Balaban J connectivity index is 2.54. The molecular weight excluding hydrogens is 196 g/mol. The predicted octanol–water partition coefficient (Wildman–Crippen LogP) is 3.55. The molecule has 1 aromatic carbocycles. The van der Waals surface area contributed by atoms with Crippen LogP contribution >= 0.6 is 0 Å². The molecule has 0 aliphatic rings. The van der Waals surface area contributed by atoms with Crippen LogP contribution in [0.15, 0.2) is 35.9 Å². The summed E-state index contributed by atoms with van der Waals surface area (Å²) in [7, 11) is 0. The highest BCUT2D eigenvalue weighted by molar-refractivity contribution is 5.87. The monoisotopic (exact) mass is 210 g/mol. The van der Waals surface area contributed by atoms with E-state index >= 15 is 0 Å². The summed E-state index contributed by atoms with van der Waals surface area (Å²) in [6, 6.07) is 10.2. The van der Waals surface area contributed by atoms with Crippen LogP contribution in [-0.2, 0) is 6.42 Å². The van der Waals surface area contributed by atoms with Gasteiger partial charge in [-0.15, -0.1) is 0 Å². The smallest absolute Gasteiger partial charge is 0.102 e. The molecule has 0 aliphatic carbocycles. The van der Waals surface area contributed by atoms with Crippen molar-refractivity contribution in [3.05, 3.63) is 47.2 Å². The Bertz CT molecular complexity index is 578. The van der Waals surface area contributed by atoms with Crippen molar-refractivity contribution >= 4 is 10.9 Å². The molecule has 2 aromatic rings. The first-order valence-electron chi connectivity index (χ1n) is 5.35. The number of benzene rings is 1. The molecule has 2 rings (SSSR count). The first-order chi connectivity index (χ1) is 7.72. The maximum Gasteiger partial charge on any atom is 0.102 e. The maximum atomic E-state index is 9.18. The molecule has 0 atom stereocenters. The number of hydrogen-bond acceptors (Lipinski definition) is 1. The largest absolute Gasteiger partial charge is 0.357 e. The van der Waals surface area contributed by atoms with Gasteiger partial charge in [0.25, 0.3) is 0 Å². The third kappa shape index (κ3) is 1.85. The molecule has 1 N–H and O–H groups in total. The van der Waals surface area contributed by atoms with Gasteiger partial charge in [-0.25, -0.2) is 0 Å². The summed E-state index contributed by atoms with van der Waals surface area (Å²) in [4.78, 5) is 3.30. The molecule has 16 heavy (non-hydrogen) atoms. The SMILES string of the molecule is CC(C)=CCc1[nH]c2ccccc2c1C#N. The molecule has 0 aliphatic heterocycles. The molecule has 0 spiro atoms. The first-order valence-corrected chi connectivity index (χ1v) is 5.35. The quantitative estimate of drug-likeness (QED) is 0.756. The fourth-order valence-corrected chi connectivity index (χ4v) is 1.78. The molecule has 0 bridgehead atoms. The van der Waals surface area contributed by atoms with E-state index in [1.54, 1.807) is 0 Å². The topological polar surface area (TPSA) is 39.6 Å². The number of aromatic amines is 1. The average Bonchev–Trinajstić information content (AvgIpc) is 2.63. The summed E-state index contributed by atoms with van der Waals surface area (Å²) in [6.07, 6.45) is 2.92. The van der Waals surface area contributed by atoms with Crippen LogP contribution in [0.2, 0.25) is 0 Å². The molecule has 0 radical (unpaired) electrons. The minimum absolute atomic E-state index is 0.771. The van der Waals surface area contributed by atoms with Crippen molar-refractivity contribution in [3.8, 4) is 6.07 Å². The minimum Gasteiger partial charge on any atom is -0.357 e. The number of rotatable bonds is 2. The molecule has 2 heteroatoms. The number of nitrogens with one attached hydrogen (secondary N) is 1. The second kappa shape index (κ2) is 4.24. The van der Waals surface area contributed by atoms with Crippen LogP contribution in [0.1, 0.15) is 25.1 Å². The summed E-state index contributed by atoms with van der Waals surface area (Å²) in [5.41, 5.74) is 4.08. The van der Waals surface area contributed by atoms with Gasteiger partial charge in [0.15, 0.2) is 0 Å². The molecule has 1 aromatic heterocycles. The normalized spacial score (nSPS) is 10.1. The predicted molar refractivity (Wildman–Crippen MR) is 66.1 cm³/mol. The molecule has 80 valence electrons. The Kier molecular flexibility index (Phi) is 2.78. The second-order valence-electron chi connectivity index (χ2n) is 4.12. The number of fused-ring (bicyclic) bond motifs is 1. The lowest BCUT2D eigenvalue weighted by molar-refractivity contribution is 1.13. The van der Waals surface area contributed by atoms with Crippen LogP contribution in [0.5, 0.6) is 0 Å².